The van der Waals surface area contributed by atoms with E-state index in [-0.39, 0.29) is 18.1 Å². The van der Waals surface area contributed by atoms with Crippen LogP contribution in [-0.4, -0.2) is 55.9 Å². The lowest BCUT2D eigenvalue weighted by atomic mass is 10.1. The smallest absolute Gasteiger partial charge is 0.249 e. The van der Waals surface area contributed by atoms with E-state index in [2.05, 4.69) is 34.5 Å². The molecule has 3 N–H and O–H groups in total. The molecule has 2 aliphatic rings. The SMILES string of the molecule is NC[C@H]1CC[C@@H](C(=O)NCc2ccc(CN3CCOCC3)cc2)O1. The highest BCUT2D eigenvalue weighted by atomic mass is 16.5. The summed E-state index contributed by atoms with van der Waals surface area (Å²) in [6.45, 7) is 5.58. The molecule has 0 unspecified atom stereocenters. The molecule has 2 aliphatic heterocycles. The van der Waals surface area contributed by atoms with Gasteiger partial charge in [0.2, 0.25) is 5.91 Å². The topological polar surface area (TPSA) is 76.8 Å². The third-order valence-electron chi connectivity index (χ3n) is 4.66. The Morgan fingerprint density at radius 1 is 1.17 bits per heavy atom. The summed E-state index contributed by atoms with van der Waals surface area (Å²) in [5.41, 5.74) is 7.96. The number of ether oxygens (including phenoxy) is 2. The fourth-order valence-electron chi connectivity index (χ4n) is 3.15. The molecule has 0 saturated carbocycles. The van der Waals surface area contributed by atoms with E-state index in [0.717, 1.165) is 51.3 Å². The number of carbonyl (C=O) groups is 1. The average molecular weight is 333 g/mol. The minimum Gasteiger partial charge on any atom is -0.379 e. The zero-order chi connectivity index (χ0) is 16.8. The number of nitrogens with zero attached hydrogens (tertiary/aromatic N) is 1. The number of benzene rings is 1. The fraction of sp³-hybridized carbons (Fsp3) is 0.611. The van der Waals surface area contributed by atoms with Crippen LogP contribution in [0.3, 0.4) is 0 Å². The Bertz CT molecular complexity index is 529. The van der Waals surface area contributed by atoms with Gasteiger partial charge in [0.25, 0.3) is 0 Å². The molecule has 6 heteroatoms. The zero-order valence-electron chi connectivity index (χ0n) is 14.1. The Morgan fingerprint density at radius 2 is 1.88 bits per heavy atom. The molecule has 2 atom stereocenters. The van der Waals surface area contributed by atoms with Crippen molar-refractivity contribution in [3.63, 3.8) is 0 Å². The molecule has 1 amide bonds. The summed E-state index contributed by atoms with van der Waals surface area (Å²) >= 11 is 0. The standard InChI is InChI=1S/C18H27N3O3/c19-11-16-5-6-17(24-16)18(22)20-12-14-1-3-15(4-2-14)13-21-7-9-23-10-8-21/h1-4,16-17H,5-13,19H2,(H,20,22)/t16-,17+/m1/s1. The van der Waals surface area contributed by atoms with Gasteiger partial charge >= 0.3 is 0 Å². The van der Waals surface area contributed by atoms with Gasteiger partial charge in [-0.3, -0.25) is 9.69 Å². The summed E-state index contributed by atoms with van der Waals surface area (Å²) in [5, 5.41) is 2.95. The van der Waals surface area contributed by atoms with E-state index < -0.39 is 0 Å². The van der Waals surface area contributed by atoms with Crippen molar-refractivity contribution in [2.24, 2.45) is 5.73 Å². The van der Waals surface area contributed by atoms with Crippen molar-refractivity contribution in [1.82, 2.24) is 10.2 Å². The molecule has 24 heavy (non-hydrogen) atoms. The minimum absolute atomic E-state index is 0.0280. The van der Waals surface area contributed by atoms with Crippen LogP contribution in [0.25, 0.3) is 0 Å². The number of rotatable bonds is 6. The van der Waals surface area contributed by atoms with Crippen molar-refractivity contribution < 1.29 is 14.3 Å². The largest absolute Gasteiger partial charge is 0.379 e. The van der Waals surface area contributed by atoms with Gasteiger partial charge in [-0.25, -0.2) is 0 Å². The quantitative estimate of drug-likeness (QED) is 0.799. The van der Waals surface area contributed by atoms with Crippen molar-refractivity contribution in [2.45, 2.75) is 38.1 Å². The maximum atomic E-state index is 12.1. The second kappa shape index (κ2) is 8.58. The lowest BCUT2D eigenvalue weighted by molar-refractivity contribution is -0.132. The van der Waals surface area contributed by atoms with Crippen LogP contribution in [-0.2, 0) is 27.4 Å². The maximum absolute atomic E-state index is 12.1. The van der Waals surface area contributed by atoms with Crippen LogP contribution in [0.2, 0.25) is 0 Å². The van der Waals surface area contributed by atoms with Crippen molar-refractivity contribution >= 4 is 5.91 Å². The Kier molecular flexibility index (Phi) is 6.20. The van der Waals surface area contributed by atoms with Crippen LogP contribution in [0, 0.1) is 0 Å². The van der Waals surface area contributed by atoms with Crippen molar-refractivity contribution in [2.75, 3.05) is 32.8 Å². The second-order valence-electron chi connectivity index (χ2n) is 6.48. The molecule has 3 rings (SSSR count). The van der Waals surface area contributed by atoms with E-state index in [1.54, 1.807) is 0 Å². The molecule has 0 bridgehead atoms. The predicted molar refractivity (Wildman–Crippen MR) is 91.3 cm³/mol. The zero-order valence-corrected chi connectivity index (χ0v) is 14.1. The molecular weight excluding hydrogens is 306 g/mol. The van der Waals surface area contributed by atoms with E-state index in [1.165, 1.54) is 5.56 Å². The Morgan fingerprint density at radius 3 is 2.54 bits per heavy atom. The molecule has 2 fully saturated rings. The van der Waals surface area contributed by atoms with Crippen LogP contribution >= 0.6 is 0 Å². The van der Waals surface area contributed by atoms with E-state index >= 15 is 0 Å². The first-order valence-electron chi connectivity index (χ1n) is 8.76. The van der Waals surface area contributed by atoms with Crippen LogP contribution in [0.1, 0.15) is 24.0 Å². The highest BCUT2D eigenvalue weighted by Crippen LogP contribution is 2.19. The van der Waals surface area contributed by atoms with Gasteiger partial charge in [-0.15, -0.1) is 0 Å². The Labute approximate surface area is 143 Å². The molecule has 1 aromatic rings. The fourth-order valence-corrected chi connectivity index (χ4v) is 3.15. The van der Waals surface area contributed by atoms with Crippen LogP contribution in [0.5, 0.6) is 0 Å². The molecule has 0 radical (unpaired) electrons. The number of hydrogen-bond donors (Lipinski definition) is 2. The summed E-state index contributed by atoms with van der Waals surface area (Å²) in [4.78, 5) is 14.5. The van der Waals surface area contributed by atoms with Gasteiger partial charge in [-0.05, 0) is 24.0 Å². The van der Waals surface area contributed by atoms with Crippen molar-refractivity contribution in [1.29, 1.82) is 0 Å². The monoisotopic (exact) mass is 333 g/mol. The highest BCUT2D eigenvalue weighted by molar-refractivity contribution is 5.81. The summed E-state index contributed by atoms with van der Waals surface area (Å²) in [5.74, 6) is -0.0386. The number of morpholine rings is 1. The van der Waals surface area contributed by atoms with E-state index in [9.17, 15) is 4.79 Å². The van der Waals surface area contributed by atoms with Crippen molar-refractivity contribution in [3.8, 4) is 0 Å². The number of nitrogens with one attached hydrogen (secondary N) is 1. The predicted octanol–water partition coefficient (Wildman–Crippen LogP) is 0.641. The number of carbonyl (C=O) groups excluding carboxylic acids is 1. The number of nitrogens with two attached hydrogens (primary N) is 1. The summed E-state index contributed by atoms with van der Waals surface area (Å²) in [6.07, 6.45) is 1.30. The van der Waals surface area contributed by atoms with Gasteiger partial charge in [0.05, 0.1) is 19.3 Å². The third kappa shape index (κ3) is 4.77. The summed E-state index contributed by atoms with van der Waals surface area (Å²) in [6, 6.07) is 8.42. The van der Waals surface area contributed by atoms with Crippen LogP contribution in [0.15, 0.2) is 24.3 Å². The number of hydrogen-bond acceptors (Lipinski definition) is 5. The molecule has 6 nitrogen and oxygen atoms in total. The Hall–Kier alpha value is -1.47. The molecule has 0 aromatic heterocycles. The summed E-state index contributed by atoms with van der Waals surface area (Å²) in [7, 11) is 0. The average Bonchev–Trinajstić information content (AvgIpc) is 3.11. The summed E-state index contributed by atoms with van der Waals surface area (Å²) < 4.78 is 11.0. The van der Waals surface area contributed by atoms with Gasteiger partial charge < -0.3 is 20.5 Å². The van der Waals surface area contributed by atoms with Gasteiger partial charge in [0, 0.05) is 32.7 Å². The van der Waals surface area contributed by atoms with Gasteiger partial charge in [0.15, 0.2) is 0 Å². The van der Waals surface area contributed by atoms with Gasteiger partial charge in [-0.1, -0.05) is 24.3 Å². The first kappa shape index (κ1) is 17.4. The first-order valence-corrected chi connectivity index (χ1v) is 8.76. The second-order valence-corrected chi connectivity index (χ2v) is 6.48. The van der Waals surface area contributed by atoms with Gasteiger partial charge in [-0.2, -0.15) is 0 Å². The highest BCUT2D eigenvalue weighted by Gasteiger charge is 2.29. The first-order chi connectivity index (χ1) is 11.7. The molecule has 2 saturated heterocycles. The van der Waals surface area contributed by atoms with E-state index in [0.29, 0.717) is 13.1 Å². The van der Waals surface area contributed by atoms with E-state index in [1.807, 2.05) is 0 Å². The molecule has 1 aromatic carbocycles. The lowest BCUT2D eigenvalue weighted by Gasteiger charge is -2.26. The maximum Gasteiger partial charge on any atom is 0.249 e. The number of amides is 1. The Balaban J connectivity index is 1.43. The van der Waals surface area contributed by atoms with Gasteiger partial charge in [0.1, 0.15) is 6.10 Å². The van der Waals surface area contributed by atoms with Crippen molar-refractivity contribution in [3.05, 3.63) is 35.4 Å². The molecule has 0 aliphatic carbocycles. The van der Waals surface area contributed by atoms with E-state index in [4.69, 9.17) is 15.2 Å². The van der Waals surface area contributed by atoms with Crippen LogP contribution in [0.4, 0.5) is 0 Å². The third-order valence-corrected chi connectivity index (χ3v) is 4.66. The normalized spacial score (nSPS) is 24.9. The molecule has 2 heterocycles. The molecule has 0 spiro atoms. The molecule has 132 valence electrons. The molecular formula is C18H27N3O3. The van der Waals surface area contributed by atoms with Crippen LogP contribution < -0.4 is 11.1 Å². The minimum atomic E-state index is -0.348. The lowest BCUT2D eigenvalue weighted by Crippen LogP contribution is -2.35.